The van der Waals surface area contributed by atoms with Gasteiger partial charge in [-0.05, 0) is 46.2 Å². The van der Waals surface area contributed by atoms with Crippen LogP contribution in [0.4, 0.5) is 0 Å². The summed E-state index contributed by atoms with van der Waals surface area (Å²) in [6, 6.07) is 51.7. The highest BCUT2D eigenvalue weighted by molar-refractivity contribution is 6.23. The monoisotopic (exact) mass is 547 g/mol. The van der Waals surface area contributed by atoms with Gasteiger partial charge in [0.25, 0.3) is 0 Å². The summed E-state index contributed by atoms with van der Waals surface area (Å²) >= 11 is 0. The maximum atomic E-state index is 5.17. The van der Waals surface area contributed by atoms with Crippen LogP contribution in [0.2, 0.25) is 0 Å². The van der Waals surface area contributed by atoms with Gasteiger partial charge in [-0.25, -0.2) is 4.98 Å². The molecule has 0 atom stereocenters. The van der Waals surface area contributed by atoms with E-state index in [4.69, 9.17) is 9.97 Å². The van der Waals surface area contributed by atoms with Crippen LogP contribution in [0.25, 0.3) is 82.5 Å². The van der Waals surface area contributed by atoms with E-state index in [1.54, 1.807) is 0 Å². The van der Waals surface area contributed by atoms with Crippen molar-refractivity contribution in [1.82, 2.24) is 14.5 Å². The maximum absolute atomic E-state index is 5.17. The van der Waals surface area contributed by atoms with E-state index in [9.17, 15) is 0 Å². The fourth-order valence-corrected chi connectivity index (χ4v) is 6.60. The molecule has 0 aliphatic carbocycles. The molecule has 9 aromatic rings. The first-order valence-corrected chi connectivity index (χ1v) is 14.6. The molecule has 0 bridgehead atoms. The van der Waals surface area contributed by atoms with Crippen molar-refractivity contribution in [3.05, 3.63) is 152 Å². The van der Waals surface area contributed by atoms with E-state index < -0.39 is 0 Å². The fourth-order valence-electron chi connectivity index (χ4n) is 6.60. The summed E-state index contributed by atoms with van der Waals surface area (Å²) in [6.45, 7) is 0. The van der Waals surface area contributed by atoms with Gasteiger partial charge in [0.05, 0.1) is 34.0 Å². The van der Waals surface area contributed by atoms with Gasteiger partial charge in [0.2, 0.25) is 0 Å². The number of hydrogen-bond acceptors (Lipinski definition) is 2. The van der Waals surface area contributed by atoms with E-state index in [2.05, 4.69) is 150 Å². The Morgan fingerprint density at radius 2 is 0.953 bits per heavy atom. The van der Waals surface area contributed by atoms with Crippen LogP contribution in [0.15, 0.2) is 152 Å². The average molecular weight is 548 g/mol. The fraction of sp³-hybridized carbons (Fsp3) is 0. The van der Waals surface area contributed by atoms with Gasteiger partial charge in [-0.15, -0.1) is 0 Å². The molecule has 2 heterocycles. The largest absolute Gasteiger partial charge is 0.309 e. The van der Waals surface area contributed by atoms with Crippen LogP contribution < -0.4 is 0 Å². The van der Waals surface area contributed by atoms with Crippen molar-refractivity contribution in [2.75, 3.05) is 0 Å². The Bertz CT molecular complexity index is 2450. The molecule has 0 amide bonds. The smallest absolute Gasteiger partial charge is 0.0979 e. The number of aromatic nitrogens is 3. The Kier molecular flexibility index (Phi) is 5.20. The van der Waals surface area contributed by atoms with Crippen molar-refractivity contribution in [2.45, 2.75) is 0 Å². The lowest BCUT2D eigenvalue weighted by Gasteiger charge is -2.11. The van der Waals surface area contributed by atoms with Crippen LogP contribution >= 0.6 is 0 Å². The molecule has 200 valence electrons. The molecule has 3 nitrogen and oxygen atoms in total. The number of rotatable bonds is 3. The van der Waals surface area contributed by atoms with E-state index >= 15 is 0 Å². The molecule has 0 saturated heterocycles. The Morgan fingerprint density at radius 1 is 0.395 bits per heavy atom. The van der Waals surface area contributed by atoms with Crippen LogP contribution in [0.5, 0.6) is 0 Å². The highest BCUT2D eigenvalue weighted by Crippen LogP contribution is 2.36. The van der Waals surface area contributed by atoms with Crippen LogP contribution in [0.1, 0.15) is 0 Å². The zero-order valence-corrected chi connectivity index (χ0v) is 23.3. The van der Waals surface area contributed by atoms with Gasteiger partial charge < -0.3 is 4.57 Å². The second-order valence-electron chi connectivity index (χ2n) is 11.0. The molecular formula is C40H25N3. The van der Waals surface area contributed by atoms with Gasteiger partial charge in [0, 0.05) is 32.8 Å². The summed E-state index contributed by atoms with van der Waals surface area (Å²) in [5, 5.41) is 7.19. The summed E-state index contributed by atoms with van der Waals surface area (Å²) < 4.78 is 2.36. The molecule has 0 saturated carbocycles. The molecule has 3 heteroatoms. The topological polar surface area (TPSA) is 30.7 Å². The van der Waals surface area contributed by atoms with Gasteiger partial charge in [-0.2, -0.15) is 0 Å². The standard InChI is InChI=1S/C40H25N3/c1-2-10-29(11-3-1)43-37-17-9-8-14-32(37)33-23-22-28(24-38(33)43)26-18-20-27(21-19-26)36-25-41-39-34-15-6-4-12-30(34)31-13-5-7-16-35(31)40(39)42-36/h1-25H. The number of fused-ring (bicyclic) bond motifs is 9. The molecule has 0 spiro atoms. The second kappa shape index (κ2) is 9.37. The van der Waals surface area contributed by atoms with Crippen molar-refractivity contribution in [3.63, 3.8) is 0 Å². The Morgan fingerprint density at radius 3 is 1.70 bits per heavy atom. The molecule has 9 rings (SSSR count). The zero-order valence-electron chi connectivity index (χ0n) is 23.3. The number of hydrogen-bond donors (Lipinski definition) is 0. The highest BCUT2D eigenvalue weighted by atomic mass is 15.0. The van der Waals surface area contributed by atoms with E-state index in [1.165, 1.54) is 43.7 Å². The lowest BCUT2D eigenvalue weighted by atomic mass is 9.99. The Balaban J connectivity index is 1.16. The minimum absolute atomic E-state index is 0.874. The predicted octanol–water partition coefficient (Wildman–Crippen LogP) is 10.4. The first kappa shape index (κ1) is 23.9. The SMILES string of the molecule is c1ccc(-n2c3ccccc3c3ccc(-c4ccc(-c5cnc6c7ccccc7c7ccccc7c6n5)cc4)cc32)cc1. The van der Waals surface area contributed by atoms with Gasteiger partial charge in [0.15, 0.2) is 0 Å². The molecule has 0 radical (unpaired) electrons. The lowest BCUT2D eigenvalue weighted by Crippen LogP contribution is -1.93. The van der Waals surface area contributed by atoms with E-state index in [1.807, 2.05) is 6.20 Å². The third-order valence-electron chi connectivity index (χ3n) is 8.63. The van der Waals surface area contributed by atoms with Crippen LogP contribution in [-0.4, -0.2) is 14.5 Å². The number of nitrogens with zero attached hydrogens (tertiary/aromatic N) is 3. The molecular weight excluding hydrogens is 522 g/mol. The summed E-state index contributed by atoms with van der Waals surface area (Å²) in [5.74, 6) is 0. The number of benzene rings is 7. The quantitative estimate of drug-likeness (QED) is 0.206. The molecule has 7 aromatic carbocycles. The summed E-state index contributed by atoms with van der Waals surface area (Å²) in [5.41, 5.74) is 9.74. The van der Waals surface area contributed by atoms with Crippen molar-refractivity contribution >= 4 is 54.4 Å². The minimum atomic E-state index is 0.874. The second-order valence-corrected chi connectivity index (χ2v) is 11.0. The third-order valence-corrected chi connectivity index (χ3v) is 8.63. The summed E-state index contributed by atoms with van der Waals surface area (Å²) in [7, 11) is 0. The normalized spacial score (nSPS) is 11.7. The Labute approximate surface area is 248 Å². The van der Waals surface area contributed by atoms with Crippen molar-refractivity contribution in [2.24, 2.45) is 0 Å². The summed E-state index contributed by atoms with van der Waals surface area (Å²) in [4.78, 5) is 10.1. The average Bonchev–Trinajstić information content (AvgIpc) is 3.42. The molecule has 0 fully saturated rings. The zero-order chi connectivity index (χ0) is 28.3. The van der Waals surface area contributed by atoms with E-state index in [-0.39, 0.29) is 0 Å². The number of para-hydroxylation sites is 2. The van der Waals surface area contributed by atoms with Crippen LogP contribution in [0, 0.1) is 0 Å². The highest BCUT2D eigenvalue weighted by Gasteiger charge is 2.14. The van der Waals surface area contributed by atoms with Gasteiger partial charge in [-0.1, -0.05) is 121 Å². The van der Waals surface area contributed by atoms with Crippen LogP contribution in [-0.2, 0) is 0 Å². The minimum Gasteiger partial charge on any atom is -0.309 e. The summed E-state index contributed by atoms with van der Waals surface area (Å²) in [6.07, 6.45) is 1.91. The molecule has 0 unspecified atom stereocenters. The first-order chi connectivity index (χ1) is 21.3. The molecule has 2 aromatic heterocycles. The lowest BCUT2D eigenvalue weighted by molar-refractivity contribution is 1.18. The molecule has 0 aliphatic heterocycles. The Hall–Kier alpha value is -5.80. The molecule has 0 N–H and O–H groups in total. The predicted molar refractivity (Wildman–Crippen MR) is 180 cm³/mol. The molecule has 0 aliphatic rings. The van der Waals surface area contributed by atoms with Gasteiger partial charge in [-0.3, -0.25) is 4.98 Å². The van der Waals surface area contributed by atoms with E-state index in [0.29, 0.717) is 0 Å². The first-order valence-electron chi connectivity index (χ1n) is 14.6. The molecule has 43 heavy (non-hydrogen) atoms. The van der Waals surface area contributed by atoms with E-state index in [0.717, 1.165) is 38.8 Å². The maximum Gasteiger partial charge on any atom is 0.0979 e. The van der Waals surface area contributed by atoms with Crippen molar-refractivity contribution in [1.29, 1.82) is 0 Å². The van der Waals surface area contributed by atoms with Crippen molar-refractivity contribution in [3.8, 4) is 28.1 Å². The van der Waals surface area contributed by atoms with Crippen molar-refractivity contribution < 1.29 is 0 Å². The van der Waals surface area contributed by atoms with Gasteiger partial charge >= 0.3 is 0 Å². The van der Waals surface area contributed by atoms with Crippen LogP contribution in [0.3, 0.4) is 0 Å². The van der Waals surface area contributed by atoms with Gasteiger partial charge in [0.1, 0.15) is 0 Å². The third kappa shape index (κ3) is 3.68.